The number of amides is 2. The van der Waals surface area contributed by atoms with E-state index < -0.39 is 0 Å². The highest BCUT2D eigenvalue weighted by atomic mass is 16.5. The number of urea groups is 1. The van der Waals surface area contributed by atoms with Gasteiger partial charge in [0.25, 0.3) is 0 Å². The number of ether oxygens (including phenoxy) is 1. The number of hydrogen-bond donors (Lipinski definition) is 2. The Bertz CT molecular complexity index is 583. The second kappa shape index (κ2) is 7.93. The lowest BCUT2D eigenvalue weighted by atomic mass is 10.2. The Hall–Kier alpha value is -2.69. The number of carbonyl (C=O) groups is 1. The summed E-state index contributed by atoms with van der Waals surface area (Å²) in [5.74, 6) is 0.795. The van der Waals surface area contributed by atoms with Crippen molar-refractivity contribution in [2.75, 3.05) is 37.5 Å². The minimum absolute atomic E-state index is 0.241. The summed E-state index contributed by atoms with van der Waals surface area (Å²) < 4.78 is 5.50. The molecule has 22 heavy (non-hydrogen) atoms. The molecule has 116 valence electrons. The molecule has 0 unspecified atom stereocenters. The minimum atomic E-state index is -0.241. The Morgan fingerprint density at radius 1 is 1.05 bits per heavy atom. The molecular weight excluding hydrogens is 278 g/mol. The highest BCUT2D eigenvalue weighted by Crippen LogP contribution is 2.15. The molecule has 5 nitrogen and oxygen atoms in total. The minimum Gasteiger partial charge on any atom is -0.492 e. The molecule has 2 aromatic carbocycles. The van der Waals surface area contributed by atoms with Gasteiger partial charge in [-0.15, -0.1) is 0 Å². The summed E-state index contributed by atoms with van der Waals surface area (Å²) in [6, 6.07) is 16.9. The van der Waals surface area contributed by atoms with Gasteiger partial charge < -0.3 is 20.3 Å². The fourth-order valence-electron chi connectivity index (χ4n) is 1.87. The Balaban J connectivity index is 1.69. The predicted octanol–water partition coefficient (Wildman–Crippen LogP) is 2.95. The van der Waals surface area contributed by atoms with Crippen molar-refractivity contribution in [2.45, 2.75) is 0 Å². The van der Waals surface area contributed by atoms with E-state index in [1.165, 1.54) is 0 Å². The lowest BCUT2D eigenvalue weighted by molar-refractivity contribution is 0.247. The molecular formula is C17H21N3O2. The first-order chi connectivity index (χ1) is 10.6. The first kappa shape index (κ1) is 15.7. The molecule has 0 aliphatic heterocycles. The van der Waals surface area contributed by atoms with E-state index in [0.717, 1.165) is 17.1 Å². The molecule has 0 aliphatic rings. The van der Waals surface area contributed by atoms with E-state index in [0.29, 0.717) is 13.2 Å². The van der Waals surface area contributed by atoms with Gasteiger partial charge in [-0.1, -0.05) is 18.2 Å². The van der Waals surface area contributed by atoms with E-state index in [2.05, 4.69) is 10.6 Å². The lowest BCUT2D eigenvalue weighted by Gasteiger charge is -2.13. The molecule has 2 N–H and O–H groups in total. The largest absolute Gasteiger partial charge is 0.492 e. The van der Waals surface area contributed by atoms with E-state index in [-0.39, 0.29) is 6.03 Å². The molecule has 0 aliphatic carbocycles. The molecule has 2 rings (SSSR count). The van der Waals surface area contributed by atoms with Gasteiger partial charge in [-0.25, -0.2) is 4.79 Å². The van der Waals surface area contributed by atoms with Gasteiger partial charge in [0.15, 0.2) is 0 Å². The Kier molecular flexibility index (Phi) is 5.65. The van der Waals surface area contributed by atoms with E-state index in [4.69, 9.17) is 4.74 Å². The molecule has 0 saturated heterocycles. The number of nitrogens with zero attached hydrogens (tertiary/aromatic N) is 1. The van der Waals surface area contributed by atoms with Gasteiger partial charge in [-0.3, -0.25) is 0 Å². The average Bonchev–Trinajstić information content (AvgIpc) is 2.53. The second-order valence-electron chi connectivity index (χ2n) is 4.98. The molecule has 0 spiro atoms. The fourth-order valence-corrected chi connectivity index (χ4v) is 1.87. The molecule has 0 fully saturated rings. The van der Waals surface area contributed by atoms with Gasteiger partial charge >= 0.3 is 6.03 Å². The zero-order chi connectivity index (χ0) is 15.8. The third-order valence-corrected chi connectivity index (χ3v) is 3.04. The van der Waals surface area contributed by atoms with Crippen LogP contribution in [0.1, 0.15) is 0 Å². The number of anilines is 2. The quantitative estimate of drug-likeness (QED) is 0.806. The number of para-hydroxylation sites is 1. The van der Waals surface area contributed by atoms with Crippen LogP contribution >= 0.6 is 0 Å². The fraction of sp³-hybridized carbons (Fsp3) is 0.235. The number of hydrogen-bond acceptors (Lipinski definition) is 3. The normalized spacial score (nSPS) is 9.91. The third-order valence-electron chi connectivity index (χ3n) is 3.04. The summed E-state index contributed by atoms with van der Waals surface area (Å²) in [5, 5.41) is 5.54. The zero-order valence-electron chi connectivity index (χ0n) is 12.9. The molecule has 2 aromatic rings. The van der Waals surface area contributed by atoms with Crippen LogP contribution in [0, 0.1) is 0 Å². The molecule has 2 amide bonds. The van der Waals surface area contributed by atoms with Crippen molar-refractivity contribution in [3.8, 4) is 5.75 Å². The van der Waals surface area contributed by atoms with Crippen LogP contribution in [0.4, 0.5) is 16.2 Å². The van der Waals surface area contributed by atoms with E-state index in [1.54, 1.807) is 0 Å². The summed E-state index contributed by atoms with van der Waals surface area (Å²) in [6.45, 7) is 0.869. The van der Waals surface area contributed by atoms with Crippen LogP contribution in [0.15, 0.2) is 54.6 Å². The van der Waals surface area contributed by atoms with E-state index >= 15 is 0 Å². The SMILES string of the molecule is CN(C)c1ccc(NC(=O)NCCOc2ccccc2)cc1. The van der Waals surface area contributed by atoms with Crippen LogP contribution in [0.2, 0.25) is 0 Å². The Morgan fingerprint density at radius 3 is 2.36 bits per heavy atom. The van der Waals surface area contributed by atoms with Gasteiger partial charge in [-0.05, 0) is 36.4 Å². The maximum Gasteiger partial charge on any atom is 0.319 e. The molecule has 0 heterocycles. The summed E-state index contributed by atoms with van der Waals surface area (Å²) in [6.07, 6.45) is 0. The monoisotopic (exact) mass is 299 g/mol. The van der Waals surface area contributed by atoms with Gasteiger partial charge in [0.1, 0.15) is 12.4 Å². The van der Waals surface area contributed by atoms with Crippen molar-refractivity contribution in [1.29, 1.82) is 0 Å². The standard InChI is InChI=1S/C17H21N3O2/c1-20(2)15-10-8-14(9-11-15)19-17(21)18-12-13-22-16-6-4-3-5-7-16/h3-11H,12-13H2,1-2H3,(H2,18,19,21). The number of carbonyl (C=O) groups excluding carboxylic acids is 1. The van der Waals surface area contributed by atoms with Crippen LogP contribution in [0.5, 0.6) is 5.75 Å². The van der Waals surface area contributed by atoms with Crippen LogP contribution in [0.3, 0.4) is 0 Å². The lowest BCUT2D eigenvalue weighted by Crippen LogP contribution is -2.32. The molecule has 0 atom stereocenters. The van der Waals surface area contributed by atoms with Crippen molar-refractivity contribution in [1.82, 2.24) is 5.32 Å². The maximum atomic E-state index is 11.8. The molecule has 0 aromatic heterocycles. The Labute approximate surface area is 130 Å². The zero-order valence-corrected chi connectivity index (χ0v) is 12.9. The maximum absolute atomic E-state index is 11.8. The van der Waals surface area contributed by atoms with Crippen molar-refractivity contribution in [3.05, 3.63) is 54.6 Å². The predicted molar refractivity (Wildman–Crippen MR) is 89.7 cm³/mol. The number of nitrogens with one attached hydrogen (secondary N) is 2. The average molecular weight is 299 g/mol. The van der Waals surface area contributed by atoms with Gasteiger partial charge in [0.05, 0.1) is 6.54 Å². The third kappa shape index (κ3) is 5.01. The highest BCUT2D eigenvalue weighted by Gasteiger charge is 2.02. The smallest absolute Gasteiger partial charge is 0.319 e. The van der Waals surface area contributed by atoms with Crippen LogP contribution in [-0.4, -0.2) is 33.3 Å². The van der Waals surface area contributed by atoms with Crippen molar-refractivity contribution in [2.24, 2.45) is 0 Å². The van der Waals surface area contributed by atoms with E-state index in [1.807, 2.05) is 73.6 Å². The summed E-state index contributed by atoms with van der Waals surface area (Å²) in [7, 11) is 3.95. The molecule has 0 bridgehead atoms. The van der Waals surface area contributed by atoms with Gasteiger partial charge in [0.2, 0.25) is 0 Å². The topological polar surface area (TPSA) is 53.6 Å². The summed E-state index contributed by atoms with van der Waals surface area (Å²) >= 11 is 0. The van der Waals surface area contributed by atoms with Crippen molar-refractivity contribution in [3.63, 3.8) is 0 Å². The van der Waals surface area contributed by atoms with Crippen LogP contribution in [-0.2, 0) is 0 Å². The Morgan fingerprint density at radius 2 is 1.73 bits per heavy atom. The van der Waals surface area contributed by atoms with E-state index in [9.17, 15) is 4.79 Å². The number of rotatable bonds is 6. The van der Waals surface area contributed by atoms with Crippen LogP contribution in [0.25, 0.3) is 0 Å². The number of benzene rings is 2. The van der Waals surface area contributed by atoms with Gasteiger partial charge in [0, 0.05) is 25.5 Å². The molecule has 0 saturated carbocycles. The van der Waals surface area contributed by atoms with Crippen molar-refractivity contribution >= 4 is 17.4 Å². The molecule has 5 heteroatoms. The first-order valence-corrected chi connectivity index (χ1v) is 7.15. The van der Waals surface area contributed by atoms with Gasteiger partial charge in [-0.2, -0.15) is 0 Å². The summed E-state index contributed by atoms with van der Waals surface area (Å²) in [4.78, 5) is 13.8. The second-order valence-corrected chi connectivity index (χ2v) is 4.98. The first-order valence-electron chi connectivity index (χ1n) is 7.15. The highest BCUT2D eigenvalue weighted by molar-refractivity contribution is 5.89. The summed E-state index contributed by atoms with van der Waals surface area (Å²) in [5.41, 5.74) is 1.84. The van der Waals surface area contributed by atoms with Crippen molar-refractivity contribution < 1.29 is 9.53 Å². The van der Waals surface area contributed by atoms with Crippen LogP contribution < -0.4 is 20.3 Å². The molecule has 0 radical (unpaired) electrons.